The molecular weight excluding hydrogens is 727 g/mol. The highest BCUT2D eigenvalue weighted by Gasteiger charge is 2.40. The van der Waals surface area contributed by atoms with E-state index in [9.17, 15) is 9.59 Å². The molecule has 0 radical (unpaired) electrons. The normalized spacial score (nSPS) is 19.8. The zero-order valence-corrected chi connectivity index (χ0v) is 39.8. The zero-order chi connectivity index (χ0) is 42.9. The molecule has 344 valence electrons. The lowest BCUT2D eigenvalue weighted by atomic mass is 9.89. The number of hydrogen-bond acceptors (Lipinski definition) is 8. The number of hydrogen-bond donors (Lipinski definition) is 0. The first kappa shape index (κ1) is 55.0. The summed E-state index contributed by atoms with van der Waals surface area (Å²) in [6.07, 6.45) is 26.9. The highest BCUT2D eigenvalue weighted by atomic mass is 16.7. The smallest absolute Gasteiger partial charge is 0.305 e. The molecule has 2 saturated heterocycles. The van der Waals surface area contributed by atoms with E-state index in [1.54, 1.807) is 7.11 Å². The molecular formula is C50H97NO7. The summed E-state index contributed by atoms with van der Waals surface area (Å²) in [5, 5.41) is 0. The van der Waals surface area contributed by atoms with Crippen molar-refractivity contribution in [3.05, 3.63) is 0 Å². The number of ether oxygens (including phenoxy) is 5. The fourth-order valence-corrected chi connectivity index (χ4v) is 8.15. The fourth-order valence-electron chi connectivity index (χ4n) is 8.15. The van der Waals surface area contributed by atoms with Crippen LogP contribution in [-0.2, 0) is 33.3 Å². The van der Waals surface area contributed by atoms with Crippen LogP contribution < -0.4 is 0 Å². The molecule has 2 aliphatic heterocycles. The largest absolute Gasteiger partial charge is 0.465 e. The van der Waals surface area contributed by atoms with Crippen LogP contribution in [0.1, 0.15) is 203 Å². The fraction of sp³-hybridized carbons (Fsp3) is 0.960. The van der Waals surface area contributed by atoms with Crippen molar-refractivity contribution in [1.29, 1.82) is 0 Å². The van der Waals surface area contributed by atoms with Gasteiger partial charge in [-0.25, -0.2) is 0 Å². The molecule has 4 atom stereocenters. The van der Waals surface area contributed by atoms with E-state index >= 15 is 0 Å². The van der Waals surface area contributed by atoms with Gasteiger partial charge < -0.3 is 28.5 Å². The molecule has 0 N–H and O–H groups in total. The SMILES string of the molecule is CC(C)CCC(COC(=O)CCCCCCCCCC1(CCCCCCCCCC=O)OCC(CCN2CCOCC2)O1)C(C)C.COCC(CCC(C)C)C(C)C. The Morgan fingerprint density at radius 3 is 1.69 bits per heavy atom. The molecule has 0 bridgehead atoms. The summed E-state index contributed by atoms with van der Waals surface area (Å²) >= 11 is 0. The summed E-state index contributed by atoms with van der Waals surface area (Å²) in [7, 11) is 1.80. The Labute approximate surface area is 359 Å². The van der Waals surface area contributed by atoms with Crippen molar-refractivity contribution in [3.8, 4) is 0 Å². The number of aldehydes is 1. The van der Waals surface area contributed by atoms with Crippen molar-refractivity contribution in [1.82, 2.24) is 4.90 Å². The van der Waals surface area contributed by atoms with Gasteiger partial charge in [0.25, 0.3) is 0 Å². The summed E-state index contributed by atoms with van der Waals surface area (Å²) in [6.45, 7) is 25.1. The lowest BCUT2D eigenvalue weighted by Crippen LogP contribution is -2.38. The van der Waals surface area contributed by atoms with Crippen molar-refractivity contribution in [2.24, 2.45) is 35.5 Å². The van der Waals surface area contributed by atoms with Crippen molar-refractivity contribution < 1.29 is 33.3 Å². The predicted octanol–water partition coefficient (Wildman–Crippen LogP) is 12.6. The molecule has 8 nitrogen and oxygen atoms in total. The molecule has 0 aliphatic carbocycles. The monoisotopic (exact) mass is 824 g/mol. The summed E-state index contributed by atoms with van der Waals surface area (Å²) in [6, 6.07) is 0. The lowest BCUT2D eigenvalue weighted by Gasteiger charge is -2.30. The van der Waals surface area contributed by atoms with E-state index in [0.717, 1.165) is 128 Å². The highest BCUT2D eigenvalue weighted by Crippen LogP contribution is 2.36. The number of esters is 1. The lowest BCUT2D eigenvalue weighted by molar-refractivity contribution is -0.180. The van der Waals surface area contributed by atoms with Gasteiger partial charge in [-0.3, -0.25) is 9.69 Å². The van der Waals surface area contributed by atoms with Gasteiger partial charge in [-0.05, 0) is 80.5 Å². The number of morpholine rings is 1. The molecule has 2 rings (SSSR count). The minimum Gasteiger partial charge on any atom is -0.465 e. The maximum atomic E-state index is 12.3. The molecule has 0 saturated carbocycles. The van der Waals surface area contributed by atoms with Crippen LogP contribution in [0.25, 0.3) is 0 Å². The molecule has 4 unspecified atom stereocenters. The average molecular weight is 824 g/mol. The highest BCUT2D eigenvalue weighted by molar-refractivity contribution is 5.69. The molecule has 8 heteroatoms. The van der Waals surface area contributed by atoms with Crippen LogP contribution >= 0.6 is 0 Å². The number of rotatable bonds is 35. The third-order valence-corrected chi connectivity index (χ3v) is 12.6. The molecule has 0 amide bonds. The van der Waals surface area contributed by atoms with Crippen LogP contribution in [-0.4, -0.2) is 88.8 Å². The first-order valence-electron chi connectivity index (χ1n) is 24.6. The Balaban J connectivity index is 0.00000121. The van der Waals surface area contributed by atoms with Crippen LogP contribution in [0, 0.1) is 35.5 Å². The topological polar surface area (TPSA) is 83.5 Å². The van der Waals surface area contributed by atoms with E-state index in [2.05, 4.69) is 60.3 Å². The second-order valence-corrected chi connectivity index (χ2v) is 19.4. The van der Waals surface area contributed by atoms with Gasteiger partial charge in [0.05, 0.1) is 32.5 Å². The standard InChI is InChI=1S/C39H73NO6.C11H24O/c1-34(2)21-22-36(35(3)4)32-44-38(42)20-16-12-8-7-10-14-18-25-39(24-17-13-9-5-6-11-15-19-29-41)45-33-37(46-39)23-26-40-27-30-43-31-28-40;1-9(2)6-7-11(8-12-5)10(3)4/h29,34-37H,5-28,30-33H2,1-4H3;9-11H,6-8H2,1-5H3. The Kier molecular flexibility index (Phi) is 33.7. The third kappa shape index (κ3) is 29.2. The second-order valence-electron chi connectivity index (χ2n) is 19.4. The summed E-state index contributed by atoms with van der Waals surface area (Å²) in [5.41, 5.74) is 0. The number of carbonyl (C=O) groups is 2. The van der Waals surface area contributed by atoms with E-state index in [-0.39, 0.29) is 12.1 Å². The van der Waals surface area contributed by atoms with Gasteiger partial charge in [-0.15, -0.1) is 0 Å². The maximum Gasteiger partial charge on any atom is 0.305 e. The Bertz CT molecular complexity index is 952. The Morgan fingerprint density at radius 1 is 0.690 bits per heavy atom. The van der Waals surface area contributed by atoms with Gasteiger partial charge in [0.15, 0.2) is 5.79 Å². The van der Waals surface area contributed by atoms with Gasteiger partial charge in [-0.1, -0.05) is 132 Å². The van der Waals surface area contributed by atoms with E-state index in [4.69, 9.17) is 23.7 Å². The summed E-state index contributed by atoms with van der Waals surface area (Å²) < 4.78 is 29.5. The Hall–Kier alpha value is -1.06. The minimum absolute atomic E-state index is 0.0186. The molecule has 0 spiro atoms. The van der Waals surface area contributed by atoms with Crippen LogP contribution in [0.3, 0.4) is 0 Å². The van der Waals surface area contributed by atoms with Gasteiger partial charge in [0.2, 0.25) is 0 Å². The summed E-state index contributed by atoms with van der Waals surface area (Å²) in [5.74, 6) is 3.63. The number of methoxy groups -OCH3 is 1. The third-order valence-electron chi connectivity index (χ3n) is 12.6. The molecule has 0 aromatic rings. The van der Waals surface area contributed by atoms with Gasteiger partial charge >= 0.3 is 5.97 Å². The first-order chi connectivity index (χ1) is 27.9. The van der Waals surface area contributed by atoms with E-state index in [1.165, 1.54) is 77.0 Å². The minimum atomic E-state index is -0.399. The number of unbranched alkanes of at least 4 members (excludes halogenated alkanes) is 13. The molecule has 2 fully saturated rings. The van der Waals surface area contributed by atoms with Crippen LogP contribution in [0.5, 0.6) is 0 Å². The quantitative estimate of drug-likeness (QED) is 0.0355. The molecule has 2 aliphatic rings. The number of carbonyl (C=O) groups excluding carboxylic acids is 2. The van der Waals surface area contributed by atoms with Crippen LogP contribution in [0.15, 0.2) is 0 Å². The molecule has 0 aromatic heterocycles. The Morgan fingerprint density at radius 2 is 1.19 bits per heavy atom. The van der Waals surface area contributed by atoms with Crippen molar-refractivity contribution in [2.75, 3.05) is 59.8 Å². The van der Waals surface area contributed by atoms with E-state index in [0.29, 0.717) is 37.2 Å². The molecule has 0 aromatic carbocycles. The van der Waals surface area contributed by atoms with Crippen molar-refractivity contribution >= 4 is 12.3 Å². The average Bonchev–Trinajstić information content (AvgIpc) is 3.60. The predicted molar refractivity (Wildman–Crippen MR) is 242 cm³/mol. The number of nitrogens with zero attached hydrogens (tertiary/aromatic N) is 1. The van der Waals surface area contributed by atoms with Crippen LogP contribution in [0.4, 0.5) is 0 Å². The second kappa shape index (κ2) is 35.5. The van der Waals surface area contributed by atoms with Gasteiger partial charge in [-0.2, -0.15) is 0 Å². The van der Waals surface area contributed by atoms with Gasteiger partial charge in [0.1, 0.15) is 6.29 Å². The van der Waals surface area contributed by atoms with E-state index in [1.807, 2.05) is 0 Å². The van der Waals surface area contributed by atoms with Gasteiger partial charge in [0, 0.05) is 59.0 Å². The summed E-state index contributed by atoms with van der Waals surface area (Å²) in [4.78, 5) is 25.3. The maximum absolute atomic E-state index is 12.3. The molecule has 58 heavy (non-hydrogen) atoms. The van der Waals surface area contributed by atoms with Crippen molar-refractivity contribution in [2.45, 2.75) is 215 Å². The van der Waals surface area contributed by atoms with E-state index < -0.39 is 5.79 Å². The van der Waals surface area contributed by atoms with Crippen molar-refractivity contribution in [3.63, 3.8) is 0 Å². The zero-order valence-electron chi connectivity index (χ0n) is 39.8. The first-order valence-corrected chi connectivity index (χ1v) is 24.6. The molecule has 2 heterocycles. The van der Waals surface area contributed by atoms with Crippen LogP contribution in [0.2, 0.25) is 0 Å².